The van der Waals surface area contributed by atoms with Crippen LogP contribution in [-0.4, -0.2) is 41.1 Å². The number of methoxy groups -OCH3 is 1. The fourth-order valence-electron chi connectivity index (χ4n) is 2.85. The van der Waals surface area contributed by atoms with E-state index in [1.165, 1.54) is 18.9 Å². The summed E-state index contributed by atoms with van der Waals surface area (Å²) in [4.78, 5) is 29.4. The van der Waals surface area contributed by atoms with Crippen molar-refractivity contribution in [3.05, 3.63) is 45.7 Å². The summed E-state index contributed by atoms with van der Waals surface area (Å²) in [7, 11) is 1.31. The molecule has 1 aromatic carbocycles. The van der Waals surface area contributed by atoms with E-state index in [9.17, 15) is 9.59 Å². The number of rotatable bonds is 6. The van der Waals surface area contributed by atoms with Crippen LogP contribution >= 0.6 is 23.4 Å². The first-order chi connectivity index (χ1) is 12.5. The second-order valence-electron chi connectivity index (χ2n) is 5.97. The third kappa shape index (κ3) is 4.11. The third-order valence-corrected chi connectivity index (χ3v) is 5.46. The number of hydrogen-bond acceptors (Lipinski definition) is 6. The Kier molecular flexibility index (Phi) is 6.01. The van der Waals surface area contributed by atoms with Gasteiger partial charge in [-0.25, -0.2) is 9.78 Å². The molecule has 1 atom stereocenters. The van der Waals surface area contributed by atoms with E-state index < -0.39 is 5.97 Å². The first-order valence-electron chi connectivity index (χ1n) is 8.20. The Hall–Kier alpha value is -1.83. The van der Waals surface area contributed by atoms with Gasteiger partial charge in [0.05, 0.1) is 36.2 Å². The summed E-state index contributed by atoms with van der Waals surface area (Å²) < 4.78 is 12.0. The SMILES string of the molecule is C=C(Cl)CSc1nc2cc(C(=O)OC)ccc2c(=O)n1CC1CCCO1. The molecular weight excluding hydrogens is 376 g/mol. The van der Waals surface area contributed by atoms with Crippen molar-refractivity contribution in [1.29, 1.82) is 0 Å². The molecule has 0 saturated carbocycles. The third-order valence-electron chi connectivity index (χ3n) is 4.11. The molecule has 0 spiro atoms. The van der Waals surface area contributed by atoms with Gasteiger partial charge in [-0.05, 0) is 31.0 Å². The van der Waals surface area contributed by atoms with E-state index in [1.54, 1.807) is 22.8 Å². The molecule has 0 bridgehead atoms. The van der Waals surface area contributed by atoms with Gasteiger partial charge in [0.2, 0.25) is 0 Å². The molecule has 1 saturated heterocycles. The smallest absolute Gasteiger partial charge is 0.337 e. The van der Waals surface area contributed by atoms with Gasteiger partial charge in [0.15, 0.2) is 5.16 Å². The van der Waals surface area contributed by atoms with Gasteiger partial charge < -0.3 is 9.47 Å². The number of aromatic nitrogens is 2. The molecule has 0 N–H and O–H groups in total. The maximum absolute atomic E-state index is 13.0. The maximum Gasteiger partial charge on any atom is 0.337 e. The van der Waals surface area contributed by atoms with Crippen LogP contribution < -0.4 is 5.56 Å². The Morgan fingerprint density at radius 3 is 3.00 bits per heavy atom. The minimum absolute atomic E-state index is 0.000143. The van der Waals surface area contributed by atoms with E-state index >= 15 is 0 Å². The van der Waals surface area contributed by atoms with Gasteiger partial charge in [0, 0.05) is 17.4 Å². The predicted octanol–water partition coefficient (Wildman–Crippen LogP) is 3.21. The summed E-state index contributed by atoms with van der Waals surface area (Å²) in [5, 5.41) is 1.45. The van der Waals surface area contributed by atoms with Crippen molar-refractivity contribution < 1.29 is 14.3 Å². The summed E-state index contributed by atoms with van der Waals surface area (Å²) in [5.41, 5.74) is 0.634. The minimum atomic E-state index is -0.472. The lowest BCUT2D eigenvalue weighted by atomic mass is 10.1. The number of thioether (sulfide) groups is 1. The molecule has 0 aliphatic carbocycles. The monoisotopic (exact) mass is 394 g/mol. The van der Waals surface area contributed by atoms with E-state index in [1.807, 2.05) is 0 Å². The Bertz CT molecular complexity index is 906. The molecule has 1 unspecified atom stereocenters. The summed E-state index contributed by atoms with van der Waals surface area (Å²) in [6, 6.07) is 4.75. The highest BCUT2D eigenvalue weighted by atomic mass is 35.5. The molecule has 26 heavy (non-hydrogen) atoms. The second-order valence-corrected chi connectivity index (χ2v) is 7.45. The van der Waals surface area contributed by atoms with Gasteiger partial charge in [-0.15, -0.1) is 0 Å². The van der Waals surface area contributed by atoms with Gasteiger partial charge in [-0.2, -0.15) is 0 Å². The fraction of sp³-hybridized carbons (Fsp3) is 0.389. The minimum Gasteiger partial charge on any atom is -0.465 e. The zero-order valence-corrected chi connectivity index (χ0v) is 15.9. The number of hydrogen-bond donors (Lipinski definition) is 0. The van der Waals surface area contributed by atoms with Crippen LogP contribution in [0.5, 0.6) is 0 Å². The normalized spacial score (nSPS) is 16.8. The van der Waals surface area contributed by atoms with Gasteiger partial charge in [-0.1, -0.05) is 29.9 Å². The first kappa shape index (κ1) is 18.9. The molecule has 0 amide bonds. The molecule has 0 radical (unpaired) electrons. The average molecular weight is 395 g/mol. The van der Waals surface area contributed by atoms with Crippen molar-refractivity contribution >= 4 is 40.2 Å². The lowest BCUT2D eigenvalue weighted by Gasteiger charge is -2.16. The van der Waals surface area contributed by atoms with Crippen LogP contribution in [0.15, 0.2) is 39.8 Å². The number of carbonyl (C=O) groups excluding carboxylic acids is 1. The van der Waals surface area contributed by atoms with E-state index in [0.29, 0.717) is 45.6 Å². The molecule has 6 nitrogen and oxygen atoms in total. The predicted molar refractivity (Wildman–Crippen MR) is 102 cm³/mol. The number of esters is 1. The van der Waals surface area contributed by atoms with Gasteiger partial charge in [-0.3, -0.25) is 9.36 Å². The second kappa shape index (κ2) is 8.24. The molecule has 1 fully saturated rings. The van der Waals surface area contributed by atoms with Crippen LogP contribution in [0.3, 0.4) is 0 Å². The summed E-state index contributed by atoms with van der Waals surface area (Å²) >= 11 is 7.21. The lowest BCUT2D eigenvalue weighted by molar-refractivity contribution is 0.0601. The van der Waals surface area contributed by atoms with Crippen molar-refractivity contribution in [3.8, 4) is 0 Å². The lowest BCUT2D eigenvalue weighted by Crippen LogP contribution is -2.29. The fourth-order valence-corrected chi connectivity index (χ4v) is 3.78. The zero-order valence-electron chi connectivity index (χ0n) is 14.4. The molecule has 3 rings (SSSR count). The van der Waals surface area contributed by atoms with Crippen molar-refractivity contribution in [2.45, 2.75) is 30.6 Å². The number of halogens is 1. The highest BCUT2D eigenvalue weighted by Gasteiger charge is 2.21. The van der Waals surface area contributed by atoms with Crippen LogP contribution in [0.2, 0.25) is 0 Å². The van der Waals surface area contributed by atoms with E-state index in [4.69, 9.17) is 21.1 Å². The van der Waals surface area contributed by atoms with Crippen molar-refractivity contribution in [3.63, 3.8) is 0 Å². The highest BCUT2D eigenvalue weighted by molar-refractivity contribution is 7.99. The summed E-state index contributed by atoms with van der Waals surface area (Å²) in [5.74, 6) is -0.0394. The summed E-state index contributed by atoms with van der Waals surface area (Å²) in [6.07, 6.45) is 1.90. The Balaban J connectivity index is 2.08. The Morgan fingerprint density at radius 1 is 1.54 bits per heavy atom. The first-order valence-corrected chi connectivity index (χ1v) is 9.56. The number of nitrogens with zero attached hydrogens (tertiary/aromatic N) is 2. The number of carbonyl (C=O) groups is 1. The molecule has 138 valence electrons. The van der Waals surface area contributed by atoms with Crippen molar-refractivity contribution in [1.82, 2.24) is 9.55 Å². The number of ether oxygens (including phenoxy) is 2. The molecule has 1 aliphatic heterocycles. The van der Waals surface area contributed by atoms with Crippen LogP contribution in [-0.2, 0) is 16.0 Å². The van der Waals surface area contributed by atoms with E-state index in [0.717, 1.165) is 12.8 Å². The van der Waals surface area contributed by atoms with Crippen LogP contribution in [0, 0.1) is 0 Å². The Labute approximate surface area is 160 Å². The van der Waals surface area contributed by atoms with Crippen LogP contribution in [0.1, 0.15) is 23.2 Å². The molecule has 1 aliphatic rings. The molecule has 2 aromatic rings. The summed E-state index contributed by atoms with van der Waals surface area (Å²) in [6.45, 7) is 4.83. The highest BCUT2D eigenvalue weighted by Crippen LogP contribution is 2.23. The van der Waals surface area contributed by atoms with Crippen LogP contribution in [0.4, 0.5) is 0 Å². The number of benzene rings is 1. The molecule has 2 heterocycles. The quantitative estimate of drug-likeness (QED) is 0.425. The van der Waals surface area contributed by atoms with Crippen LogP contribution in [0.25, 0.3) is 10.9 Å². The average Bonchev–Trinajstić information content (AvgIpc) is 3.14. The largest absolute Gasteiger partial charge is 0.465 e. The van der Waals surface area contributed by atoms with E-state index in [2.05, 4.69) is 11.6 Å². The van der Waals surface area contributed by atoms with E-state index in [-0.39, 0.29) is 11.7 Å². The van der Waals surface area contributed by atoms with Crippen molar-refractivity contribution in [2.24, 2.45) is 0 Å². The zero-order chi connectivity index (χ0) is 18.7. The molecular formula is C18H19ClN2O4S. The molecule has 8 heteroatoms. The van der Waals surface area contributed by atoms with Gasteiger partial charge >= 0.3 is 5.97 Å². The van der Waals surface area contributed by atoms with Crippen molar-refractivity contribution in [2.75, 3.05) is 19.5 Å². The standard InChI is InChI=1S/C18H19ClN2O4S/c1-11(19)10-26-18-20-15-8-12(17(23)24-2)5-6-14(15)16(22)21(18)9-13-4-3-7-25-13/h5-6,8,13H,1,3-4,7,9-10H2,2H3. The Morgan fingerprint density at radius 2 is 2.35 bits per heavy atom. The van der Waals surface area contributed by atoms with Gasteiger partial charge in [0.25, 0.3) is 5.56 Å². The topological polar surface area (TPSA) is 70.4 Å². The molecule has 1 aromatic heterocycles. The maximum atomic E-state index is 13.0. The number of fused-ring (bicyclic) bond motifs is 1. The van der Waals surface area contributed by atoms with Gasteiger partial charge in [0.1, 0.15) is 0 Å².